The van der Waals surface area contributed by atoms with Gasteiger partial charge in [0.05, 0.1) is 26.5 Å². The van der Waals surface area contributed by atoms with Gasteiger partial charge in [-0.05, 0) is 31.0 Å². The number of thiazole rings is 1. The number of hydrogen-bond donors (Lipinski definition) is 1. The van der Waals surface area contributed by atoms with Crippen molar-refractivity contribution >= 4 is 22.4 Å². The maximum absolute atomic E-state index is 5.39. The van der Waals surface area contributed by atoms with Crippen molar-refractivity contribution in [2.24, 2.45) is 4.99 Å². The fourth-order valence-corrected chi connectivity index (χ4v) is 3.39. The van der Waals surface area contributed by atoms with Gasteiger partial charge in [-0.3, -0.25) is 0 Å². The van der Waals surface area contributed by atoms with Gasteiger partial charge in [0.2, 0.25) is 0 Å². The van der Waals surface area contributed by atoms with Crippen LogP contribution < -0.4 is 19.7 Å². The van der Waals surface area contributed by atoms with E-state index in [-0.39, 0.29) is 0 Å². The average molecular weight is 406 g/mol. The molecule has 0 aliphatic heterocycles. The fourth-order valence-electron chi connectivity index (χ4n) is 2.64. The Balaban J connectivity index is 2.00. The summed E-state index contributed by atoms with van der Waals surface area (Å²) in [4.78, 5) is 13.5. The van der Waals surface area contributed by atoms with Crippen LogP contribution in [-0.4, -0.2) is 64.3 Å². The summed E-state index contributed by atoms with van der Waals surface area (Å²) in [5.74, 6) is 2.38. The summed E-state index contributed by atoms with van der Waals surface area (Å²) in [5.41, 5.74) is 2.17. The molecular weight excluding hydrogens is 374 g/mol. The molecule has 0 fully saturated rings. The molecule has 8 heteroatoms. The second-order valence-corrected chi connectivity index (χ2v) is 7.38. The van der Waals surface area contributed by atoms with Crippen LogP contribution in [-0.2, 0) is 13.0 Å². The van der Waals surface area contributed by atoms with Gasteiger partial charge in [-0.1, -0.05) is 6.07 Å². The molecule has 0 radical (unpaired) electrons. The Labute approximate surface area is 172 Å². The third-order valence-electron chi connectivity index (χ3n) is 4.19. The van der Waals surface area contributed by atoms with Crippen molar-refractivity contribution in [2.45, 2.75) is 19.9 Å². The highest BCUT2D eigenvalue weighted by Crippen LogP contribution is 2.27. The summed E-state index contributed by atoms with van der Waals surface area (Å²) < 4.78 is 10.7. The summed E-state index contributed by atoms with van der Waals surface area (Å²) in [6.45, 7) is 4.29. The van der Waals surface area contributed by atoms with Crippen molar-refractivity contribution in [1.29, 1.82) is 0 Å². The van der Waals surface area contributed by atoms with Gasteiger partial charge in [0.25, 0.3) is 0 Å². The molecule has 1 aromatic carbocycles. The molecule has 1 heterocycles. The van der Waals surface area contributed by atoms with Crippen molar-refractivity contribution < 1.29 is 9.47 Å². The molecule has 0 atom stereocenters. The molecule has 2 rings (SSSR count). The first kappa shape index (κ1) is 21.8. The van der Waals surface area contributed by atoms with Gasteiger partial charge in [-0.25, -0.2) is 9.98 Å². The number of benzene rings is 1. The lowest BCUT2D eigenvalue weighted by Crippen LogP contribution is -2.40. The molecular formula is C20H31N5O2S. The van der Waals surface area contributed by atoms with Crippen LogP contribution >= 0.6 is 11.3 Å². The monoisotopic (exact) mass is 405 g/mol. The Morgan fingerprint density at radius 1 is 1.18 bits per heavy atom. The van der Waals surface area contributed by atoms with Gasteiger partial charge in [-0.2, -0.15) is 0 Å². The lowest BCUT2D eigenvalue weighted by molar-refractivity contribution is 0.354. The lowest BCUT2D eigenvalue weighted by atomic mass is 10.1. The summed E-state index contributed by atoms with van der Waals surface area (Å²) in [6, 6.07) is 6.03. The Bertz CT molecular complexity index is 776. The molecule has 0 saturated carbocycles. The number of likely N-dealkylation sites (N-methyl/N-ethyl adjacent to an activating group) is 1. The minimum Gasteiger partial charge on any atom is -0.493 e. The lowest BCUT2D eigenvalue weighted by Gasteiger charge is -2.22. The van der Waals surface area contributed by atoms with Crippen LogP contribution in [0.4, 0.5) is 5.13 Å². The number of anilines is 1. The normalized spacial score (nSPS) is 11.3. The van der Waals surface area contributed by atoms with Gasteiger partial charge in [-0.15, -0.1) is 11.3 Å². The molecule has 1 aromatic heterocycles. The molecule has 0 bridgehead atoms. The molecule has 0 spiro atoms. The number of nitrogens with zero attached hydrogens (tertiary/aromatic N) is 4. The Hall–Kier alpha value is -2.48. The van der Waals surface area contributed by atoms with E-state index >= 15 is 0 Å². The quantitative estimate of drug-likeness (QED) is 0.511. The zero-order chi connectivity index (χ0) is 20.5. The maximum atomic E-state index is 5.39. The number of ether oxygens (including phenoxy) is 2. The van der Waals surface area contributed by atoms with E-state index in [4.69, 9.17) is 14.5 Å². The van der Waals surface area contributed by atoms with Crippen LogP contribution in [0.5, 0.6) is 11.5 Å². The molecule has 2 aromatic rings. The smallest absolute Gasteiger partial charge is 0.194 e. The van der Waals surface area contributed by atoms with Crippen LogP contribution in [0.25, 0.3) is 0 Å². The average Bonchev–Trinajstić information content (AvgIpc) is 3.18. The van der Waals surface area contributed by atoms with Gasteiger partial charge in [0.15, 0.2) is 22.6 Å². The van der Waals surface area contributed by atoms with Crippen molar-refractivity contribution in [1.82, 2.24) is 15.2 Å². The zero-order valence-corrected chi connectivity index (χ0v) is 18.5. The van der Waals surface area contributed by atoms with E-state index in [0.717, 1.165) is 47.8 Å². The predicted octanol–water partition coefficient (Wildman–Crippen LogP) is 2.87. The molecule has 0 aliphatic rings. The first-order valence-electron chi connectivity index (χ1n) is 9.30. The Morgan fingerprint density at radius 3 is 2.54 bits per heavy atom. The number of methoxy groups -OCH3 is 2. The third-order valence-corrected chi connectivity index (χ3v) is 5.25. The predicted molar refractivity (Wildman–Crippen MR) is 117 cm³/mol. The van der Waals surface area contributed by atoms with Crippen LogP contribution in [0.2, 0.25) is 0 Å². The second kappa shape index (κ2) is 10.8. The van der Waals surface area contributed by atoms with E-state index in [1.165, 1.54) is 5.56 Å². The van der Waals surface area contributed by atoms with Crippen molar-refractivity contribution in [3.05, 3.63) is 34.8 Å². The highest BCUT2D eigenvalue weighted by Gasteiger charge is 2.09. The van der Waals surface area contributed by atoms with E-state index < -0.39 is 0 Å². The molecule has 7 nitrogen and oxygen atoms in total. The van der Waals surface area contributed by atoms with E-state index in [0.29, 0.717) is 6.54 Å². The molecule has 0 unspecified atom stereocenters. The SMILES string of the molecule is CCNC(=NCc1csc(N(C)C)n1)N(C)CCc1ccc(OC)c(OC)c1. The number of guanidine groups is 1. The highest BCUT2D eigenvalue weighted by atomic mass is 32.1. The Morgan fingerprint density at radius 2 is 1.93 bits per heavy atom. The second-order valence-electron chi connectivity index (χ2n) is 6.55. The standard InChI is InChI=1S/C20H31N5O2S/c1-7-21-19(22-13-16-14-28-20(23-16)24(2)3)25(4)11-10-15-8-9-17(26-5)18(12-15)27-6/h8-9,12,14H,7,10-11,13H2,1-6H3,(H,21,22). The van der Waals surface area contributed by atoms with E-state index in [1.54, 1.807) is 25.6 Å². The molecule has 0 saturated heterocycles. The van der Waals surface area contributed by atoms with E-state index in [2.05, 4.69) is 40.6 Å². The van der Waals surface area contributed by atoms with Crippen LogP contribution in [0, 0.1) is 0 Å². The molecule has 0 amide bonds. The summed E-state index contributed by atoms with van der Waals surface area (Å²) in [7, 11) is 9.35. The van der Waals surface area contributed by atoms with Gasteiger partial charge < -0.3 is 24.6 Å². The number of hydrogen-bond acceptors (Lipinski definition) is 6. The molecule has 154 valence electrons. The minimum atomic E-state index is 0.563. The van der Waals surface area contributed by atoms with E-state index in [9.17, 15) is 0 Å². The number of rotatable bonds is 9. The number of aliphatic imine (C=N–C) groups is 1. The number of nitrogens with one attached hydrogen (secondary N) is 1. The zero-order valence-electron chi connectivity index (χ0n) is 17.7. The summed E-state index contributed by atoms with van der Waals surface area (Å²) in [6.07, 6.45) is 0.878. The minimum absolute atomic E-state index is 0.563. The molecule has 28 heavy (non-hydrogen) atoms. The van der Waals surface area contributed by atoms with Gasteiger partial charge in [0.1, 0.15) is 0 Å². The van der Waals surface area contributed by atoms with Crippen molar-refractivity contribution in [2.75, 3.05) is 53.4 Å². The fraction of sp³-hybridized carbons (Fsp3) is 0.500. The van der Waals surface area contributed by atoms with Gasteiger partial charge in [0, 0.05) is 39.6 Å². The van der Waals surface area contributed by atoms with Crippen LogP contribution in [0.1, 0.15) is 18.2 Å². The maximum Gasteiger partial charge on any atom is 0.194 e. The topological polar surface area (TPSA) is 62.2 Å². The Kier molecular flexibility index (Phi) is 8.38. The highest BCUT2D eigenvalue weighted by molar-refractivity contribution is 7.13. The summed E-state index contributed by atoms with van der Waals surface area (Å²) in [5, 5.41) is 6.41. The summed E-state index contributed by atoms with van der Waals surface area (Å²) >= 11 is 1.63. The first-order chi connectivity index (χ1) is 13.5. The van der Waals surface area contributed by atoms with Crippen molar-refractivity contribution in [3.63, 3.8) is 0 Å². The van der Waals surface area contributed by atoms with Crippen LogP contribution in [0.3, 0.4) is 0 Å². The van der Waals surface area contributed by atoms with Crippen molar-refractivity contribution in [3.8, 4) is 11.5 Å². The third kappa shape index (κ3) is 6.02. The first-order valence-corrected chi connectivity index (χ1v) is 10.2. The van der Waals surface area contributed by atoms with Crippen LogP contribution in [0.15, 0.2) is 28.6 Å². The van der Waals surface area contributed by atoms with Gasteiger partial charge >= 0.3 is 0 Å². The molecule has 1 N–H and O–H groups in total. The number of aromatic nitrogens is 1. The largest absolute Gasteiger partial charge is 0.493 e. The van der Waals surface area contributed by atoms with E-state index in [1.807, 2.05) is 31.1 Å². The molecule has 0 aliphatic carbocycles.